The molecule has 0 radical (unpaired) electrons. The highest BCUT2D eigenvalue weighted by molar-refractivity contribution is 5.05. The van der Waals surface area contributed by atoms with Crippen LogP contribution in [0, 0.1) is 23.2 Å². The summed E-state index contributed by atoms with van der Waals surface area (Å²) < 4.78 is 5.99. The SMILES string of the molecule is CCC(C#N)(CCCOC1CCC(C)C(C)C1)NC. The van der Waals surface area contributed by atoms with Gasteiger partial charge < -0.3 is 10.1 Å². The summed E-state index contributed by atoms with van der Waals surface area (Å²) in [7, 11) is 1.87. The van der Waals surface area contributed by atoms with Crippen LogP contribution >= 0.6 is 0 Å². The van der Waals surface area contributed by atoms with Crippen LogP contribution in [-0.2, 0) is 4.74 Å². The summed E-state index contributed by atoms with van der Waals surface area (Å²) >= 11 is 0. The molecule has 1 saturated carbocycles. The lowest BCUT2D eigenvalue weighted by atomic mass is 9.80. The van der Waals surface area contributed by atoms with E-state index in [2.05, 4.69) is 32.2 Å². The first-order chi connectivity index (χ1) is 9.06. The van der Waals surface area contributed by atoms with Crippen molar-refractivity contribution in [1.29, 1.82) is 5.26 Å². The summed E-state index contributed by atoms with van der Waals surface area (Å²) in [5.74, 6) is 1.63. The van der Waals surface area contributed by atoms with Gasteiger partial charge in [0.2, 0.25) is 0 Å². The summed E-state index contributed by atoms with van der Waals surface area (Å²) in [5, 5.41) is 12.4. The molecule has 4 atom stereocenters. The standard InChI is InChI=1S/C16H30N2O/c1-5-16(12-17,18-4)9-6-10-19-15-8-7-13(2)14(3)11-15/h13-15,18H,5-11H2,1-4H3. The van der Waals surface area contributed by atoms with Crippen molar-refractivity contribution in [2.45, 2.75) is 70.9 Å². The molecular formula is C16H30N2O. The van der Waals surface area contributed by atoms with E-state index in [4.69, 9.17) is 4.74 Å². The van der Waals surface area contributed by atoms with Gasteiger partial charge in [0.05, 0.1) is 12.2 Å². The molecule has 0 aromatic rings. The largest absolute Gasteiger partial charge is 0.378 e. The van der Waals surface area contributed by atoms with E-state index in [0.29, 0.717) is 6.10 Å². The van der Waals surface area contributed by atoms with Crippen LogP contribution in [0.3, 0.4) is 0 Å². The molecule has 0 spiro atoms. The third-order valence-corrected chi connectivity index (χ3v) is 4.95. The Labute approximate surface area is 118 Å². The highest BCUT2D eigenvalue weighted by atomic mass is 16.5. The molecule has 1 aliphatic rings. The summed E-state index contributed by atoms with van der Waals surface area (Å²) in [6.45, 7) is 7.52. The van der Waals surface area contributed by atoms with Crippen LogP contribution in [0.25, 0.3) is 0 Å². The van der Waals surface area contributed by atoms with Crippen LogP contribution in [-0.4, -0.2) is 25.3 Å². The summed E-state index contributed by atoms with van der Waals surface area (Å²) in [6.07, 6.45) is 6.81. The first kappa shape index (κ1) is 16.5. The zero-order valence-electron chi connectivity index (χ0n) is 13.0. The maximum absolute atomic E-state index is 9.24. The molecule has 0 aromatic heterocycles. The predicted octanol–water partition coefficient (Wildman–Crippen LogP) is 3.50. The number of nitrogens with zero attached hydrogens (tertiary/aromatic N) is 1. The number of nitrogens with one attached hydrogen (secondary N) is 1. The second-order valence-electron chi connectivity index (χ2n) is 6.16. The van der Waals surface area contributed by atoms with Crippen molar-refractivity contribution in [2.75, 3.05) is 13.7 Å². The van der Waals surface area contributed by atoms with E-state index in [9.17, 15) is 5.26 Å². The molecule has 1 rings (SSSR count). The van der Waals surface area contributed by atoms with E-state index in [-0.39, 0.29) is 5.54 Å². The minimum atomic E-state index is -0.363. The lowest BCUT2D eigenvalue weighted by Gasteiger charge is -2.32. The Balaban J connectivity index is 2.22. The van der Waals surface area contributed by atoms with Crippen molar-refractivity contribution in [3.63, 3.8) is 0 Å². The smallest absolute Gasteiger partial charge is 0.106 e. The van der Waals surface area contributed by atoms with Crippen molar-refractivity contribution < 1.29 is 4.74 Å². The fourth-order valence-corrected chi connectivity index (χ4v) is 2.94. The summed E-state index contributed by atoms with van der Waals surface area (Å²) in [4.78, 5) is 0. The van der Waals surface area contributed by atoms with Crippen molar-refractivity contribution in [2.24, 2.45) is 11.8 Å². The Bertz CT molecular complexity index is 294. The molecule has 1 aliphatic carbocycles. The number of nitriles is 1. The predicted molar refractivity (Wildman–Crippen MR) is 78.8 cm³/mol. The Morgan fingerprint density at radius 1 is 1.32 bits per heavy atom. The van der Waals surface area contributed by atoms with Gasteiger partial charge in [-0.05, 0) is 57.4 Å². The van der Waals surface area contributed by atoms with Gasteiger partial charge >= 0.3 is 0 Å². The molecule has 1 N–H and O–H groups in total. The van der Waals surface area contributed by atoms with Gasteiger partial charge in [0, 0.05) is 6.61 Å². The molecule has 3 nitrogen and oxygen atoms in total. The third-order valence-electron chi connectivity index (χ3n) is 4.95. The number of ether oxygens (including phenoxy) is 1. The topological polar surface area (TPSA) is 45.0 Å². The Hall–Kier alpha value is -0.590. The van der Waals surface area contributed by atoms with E-state index >= 15 is 0 Å². The van der Waals surface area contributed by atoms with Gasteiger partial charge in [0.25, 0.3) is 0 Å². The molecule has 0 amide bonds. The lowest BCUT2D eigenvalue weighted by Crippen LogP contribution is -2.41. The molecule has 3 heteroatoms. The fourth-order valence-electron chi connectivity index (χ4n) is 2.94. The third kappa shape index (κ3) is 4.78. The van der Waals surface area contributed by atoms with Gasteiger partial charge in [-0.3, -0.25) is 0 Å². The van der Waals surface area contributed by atoms with Crippen LogP contribution in [0.1, 0.15) is 59.3 Å². The second-order valence-corrected chi connectivity index (χ2v) is 6.16. The molecule has 1 fully saturated rings. The number of hydrogen-bond donors (Lipinski definition) is 1. The maximum Gasteiger partial charge on any atom is 0.106 e. The second kappa shape index (κ2) is 7.87. The van der Waals surface area contributed by atoms with Crippen LogP contribution in [0.5, 0.6) is 0 Å². The summed E-state index contributed by atoms with van der Waals surface area (Å²) in [5.41, 5.74) is -0.363. The van der Waals surface area contributed by atoms with Gasteiger partial charge in [-0.15, -0.1) is 0 Å². The van der Waals surface area contributed by atoms with Gasteiger partial charge in [-0.2, -0.15) is 5.26 Å². The summed E-state index contributed by atoms with van der Waals surface area (Å²) in [6, 6.07) is 2.40. The Morgan fingerprint density at radius 3 is 2.58 bits per heavy atom. The number of rotatable bonds is 7. The number of hydrogen-bond acceptors (Lipinski definition) is 3. The van der Waals surface area contributed by atoms with E-state index in [0.717, 1.165) is 37.7 Å². The fraction of sp³-hybridized carbons (Fsp3) is 0.938. The quantitative estimate of drug-likeness (QED) is 0.717. The van der Waals surface area contributed by atoms with E-state index < -0.39 is 0 Å². The van der Waals surface area contributed by atoms with Gasteiger partial charge in [0.15, 0.2) is 0 Å². The first-order valence-electron chi connectivity index (χ1n) is 7.78. The zero-order valence-corrected chi connectivity index (χ0v) is 13.0. The molecule has 0 heterocycles. The van der Waals surface area contributed by atoms with Crippen LogP contribution in [0.4, 0.5) is 0 Å². The maximum atomic E-state index is 9.24. The van der Waals surface area contributed by atoms with Crippen molar-refractivity contribution in [1.82, 2.24) is 5.32 Å². The first-order valence-corrected chi connectivity index (χ1v) is 7.78. The van der Waals surface area contributed by atoms with E-state index in [1.807, 2.05) is 7.05 Å². The molecule has 0 aliphatic heterocycles. The molecule has 4 unspecified atom stereocenters. The van der Waals surface area contributed by atoms with E-state index in [1.165, 1.54) is 19.3 Å². The van der Waals surface area contributed by atoms with Gasteiger partial charge in [0.1, 0.15) is 5.54 Å². The monoisotopic (exact) mass is 266 g/mol. The molecule has 110 valence electrons. The van der Waals surface area contributed by atoms with Crippen LogP contribution in [0.15, 0.2) is 0 Å². The van der Waals surface area contributed by atoms with Gasteiger partial charge in [-0.1, -0.05) is 20.8 Å². The molecular weight excluding hydrogens is 236 g/mol. The molecule has 0 bridgehead atoms. The van der Waals surface area contributed by atoms with Crippen LogP contribution in [0.2, 0.25) is 0 Å². The van der Waals surface area contributed by atoms with Crippen molar-refractivity contribution >= 4 is 0 Å². The minimum Gasteiger partial charge on any atom is -0.378 e. The van der Waals surface area contributed by atoms with Crippen molar-refractivity contribution in [3.05, 3.63) is 0 Å². The lowest BCUT2D eigenvalue weighted by molar-refractivity contribution is -0.000245. The minimum absolute atomic E-state index is 0.363. The zero-order chi connectivity index (χ0) is 14.3. The Kier molecular flexibility index (Phi) is 6.82. The average Bonchev–Trinajstić information content (AvgIpc) is 2.44. The highest BCUT2D eigenvalue weighted by Crippen LogP contribution is 2.31. The molecule has 0 saturated heterocycles. The molecule has 0 aromatic carbocycles. The Morgan fingerprint density at radius 2 is 2.05 bits per heavy atom. The van der Waals surface area contributed by atoms with E-state index in [1.54, 1.807) is 0 Å². The highest BCUT2D eigenvalue weighted by Gasteiger charge is 2.27. The van der Waals surface area contributed by atoms with Gasteiger partial charge in [-0.25, -0.2) is 0 Å². The van der Waals surface area contributed by atoms with Crippen LogP contribution < -0.4 is 5.32 Å². The van der Waals surface area contributed by atoms with Crippen molar-refractivity contribution in [3.8, 4) is 6.07 Å². The average molecular weight is 266 g/mol. The molecule has 19 heavy (non-hydrogen) atoms. The normalized spacial score (nSPS) is 30.6.